The van der Waals surface area contributed by atoms with Crippen LogP contribution < -0.4 is 0 Å². The minimum absolute atomic E-state index is 0.174. The third-order valence-electron chi connectivity index (χ3n) is 3.54. The van der Waals surface area contributed by atoms with Gasteiger partial charge < -0.3 is 28.8 Å². The van der Waals surface area contributed by atoms with Crippen LogP contribution in [0.2, 0.25) is 0 Å². The van der Waals surface area contributed by atoms with Crippen LogP contribution >= 0.6 is 45.2 Å². The van der Waals surface area contributed by atoms with Gasteiger partial charge in [0.15, 0.2) is 5.79 Å². The van der Waals surface area contributed by atoms with E-state index >= 15 is 0 Å². The van der Waals surface area contributed by atoms with Gasteiger partial charge in [-0.2, -0.15) is 0 Å². The summed E-state index contributed by atoms with van der Waals surface area (Å²) in [6.07, 6.45) is 7.48. The first-order valence-electron chi connectivity index (χ1n) is 8.00. The summed E-state index contributed by atoms with van der Waals surface area (Å²) in [5.41, 5.74) is 0. The van der Waals surface area contributed by atoms with Crippen LogP contribution in [0.5, 0.6) is 0 Å². The van der Waals surface area contributed by atoms with Gasteiger partial charge in [0.25, 0.3) is 0 Å². The molecule has 6 nitrogen and oxygen atoms in total. The van der Waals surface area contributed by atoms with Gasteiger partial charge in [0.1, 0.15) is 6.10 Å². The van der Waals surface area contributed by atoms with Crippen molar-refractivity contribution in [3.63, 3.8) is 0 Å². The summed E-state index contributed by atoms with van der Waals surface area (Å²) in [4.78, 5) is 0. The normalized spacial score (nSPS) is 20.2. The molecule has 25 heavy (non-hydrogen) atoms. The van der Waals surface area contributed by atoms with Gasteiger partial charge in [-0.1, -0.05) is 0 Å². The minimum atomic E-state index is -0.654. The highest BCUT2D eigenvalue weighted by Crippen LogP contribution is 2.23. The molecule has 0 spiro atoms. The molecular formula is C17H24I2N2O4. The van der Waals surface area contributed by atoms with Crippen molar-refractivity contribution < 1.29 is 19.7 Å². The van der Waals surface area contributed by atoms with Gasteiger partial charge in [-0.05, 0) is 71.2 Å². The lowest BCUT2D eigenvalue weighted by Crippen LogP contribution is -2.23. The van der Waals surface area contributed by atoms with Crippen molar-refractivity contribution in [2.45, 2.75) is 44.9 Å². The van der Waals surface area contributed by atoms with Gasteiger partial charge in [0, 0.05) is 31.9 Å². The van der Waals surface area contributed by atoms with Crippen molar-refractivity contribution in [2.75, 3.05) is 13.2 Å². The van der Waals surface area contributed by atoms with Crippen molar-refractivity contribution >= 4 is 45.2 Å². The van der Waals surface area contributed by atoms with E-state index in [1.54, 1.807) is 0 Å². The number of halogens is 2. The molecular weight excluding hydrogens is 550 g/mol. The number of aromatic nitrogens is 2. The van der Waals surface area contributed by atoms with Crippen LogP contribution in [-0.2, 0) is 22.6 Å². The Morgan fingerprint density at radius 3 is 2.24 bits per heavy atom. The Balaban J connectivity index is 0.000000186. The fourth-order valence-corrected chi connectivity index (χ4v) is 3.48. The molecule has 1 aliphatic heterocycles. The molecule has 2 unspecified atom stereocenters. The maximum absolute atomic E-state index is 9.05. The summed E-state index contributed by atoms with van der Waals surface area (Å²) < 4.78 is 17.6. The predicted octanol–water partition coefficient (Wildman–Crippen LogP) is 2.69. The molecule has 2 N–H and O–H groups in total. The van der Waals surface area contributed by atoms with Gasteiger partial charge in [0.05, 0.1) is 32.4 Å². The zero-order chi connectivity index (χ0) is 18.4. The van der Waals surface area contributed by atoms with Crippen molar-refractivity contribution in [3.8, 4) is 0 Å². The van der Waals surface area contributed by atoms with E-state index < -0.39 is 11.9 Å². The molecule has 1 fully saturated rings. The molecule has 0 saturated carbocycles. The Hall–Kier alpha value is -0.140. The molecule has 0 amide bonds. The molecule has 3 heterocycles. The zero-order valence-corrected chi connectivity index (χ0v) is 18.6. The van der Waals surface area contributed by atoms with Gasteiger partial charge in [-0.25, -0.2) is 0 Å². The molecule has 140 valence electrons. The molecule has 3 rings (SSSR count). The maximum atomic E-state index is 9.05. The number of rotatable bonds is 5. The fourth-order valence-electron chi connectivity index (χ4n) is 2.44. The largest absolute Gasteiger partial charge is 0.394 e. The van der Waals surface area contributed by atoms with Crippen LogP contribution in [0, 0.1) is 7.14 Å². The van der Waals surface area contributed by atoms with Crippen LogP contribution in [0.1, 0.15) is 13.8 Å². The topological polar surface area (TPSA) is 68.8 Å². The van der Waals surface area contributed by atoms with Crippen LogP contribution in [0.15, 0.2) is 36.9 Å². The summed E-state index contributed by atoms with van der Waals surface area (Å²) in [5.74, 6) is -0.412. The number of aliphatic hydroxyl groups is 2. The lowest BCUT2D eigenvalue weighted by Gasteiger charge is -2.17. The highest BCUT2D eigenvalue weighted by Gasteiger charge is 2.32. The predicted molar refractivity (Wildman–Crippen MR) is 112 cm³/mol. The minimum Gasteiger partial charge on any atom is -0.394 e. The van der Waals surface area contributed by atoms with E-state index in [0.717, 1.165) is 10.1 Å². The molecule has 0 aliphatic carbocycles. The smallest absolute Gasteiger partial charge is 0.163 e. The van der Waals surface area contributed by atoms with E-state index in [1.807, 2.05) is 36.9 Å². The molecule has 1 aliphatic rings. The highest BCUT2D eigenvalue weighted by molar-refractivity contribution is 14.1. The average Bonchev–Trinajstić information content (AvgIpc) is 3.22. The van der Waals surface area contributed by atoms with Crippen molar-refractivity contribution in [1.82, 2.24) is 9.13 Å². The molecule has 8 heteroatoms. The van der Waals surface area contributed by atoms with Crippen LogP contribution in [0.3, 0.4) is 0 Å². The first kappa shape index (κ1) is 21.2. The molecule has 2 atom stereocenters. The Kier molecular flexibility index (Phi) is 8.21. The fraction of sp³-hybridized carbons (Fsp3) is 0.529. The SMILES string of the molecule is CC1(C)OCC(Cn2ccc(I)c2)O1.OCC(O)Cn1ccc(I)c1. The maximum Gasteiger partial charge on any atom is 0.163 e. The van der Waals surface area contributed by atoms with E-state index in [1.165, 1.54) is 3.57 Å². The van der Waals surface area contributed by atoms with E-state index in [0.29, 0.717) is 13.2 Å². The lowest BCUT2D eigenvalue weighted by molar-refractivity contribution is -0.139. The number of ether oxygens (including phenoxy) is 2. The second kappa shape index (κ2) is 9.70. The monoisotopic (exact) mass is 574 g/mol. The van der Waals surface area contributed by atoms with Crippen molar-refractivity contribution in [2.24, 2.45) is 0 Å². The third-order valence-corrected chi connectivity index (χ3v) is 4.82. The molecule has 0 aromatic carbocycles. The summed E-state index contributed by atoms with van der Waals surface area (Å²) in [7, 11) is 0. The van der Waals surface area contributed by atoms with E-state index in [2.05, 4.69) is 68.2 Å². The quantitative estimate of drug-likeness (QED) is 0.540. The third kappa shape index (κ3) is 7.55. The van der Waals surface area contributed by atoms with E-state index in [-0.39, 0.29) is 12.7 Å². The molecule has 2 aromatic rings. The first-order valence-corrected chi connectivity index (χ1v) is 10.2. The van der Waals surface area contributed by atoms with E-state index in [4.69, 9.17) is 19.7 Å². The summed E-state index contributed by atoms with van der Waals surface area (Å²) in [5, 5.41) is 17.6. The number of hydrogen-bond donors (Lipinski definition) is 2. The lowest BCUT2D eigenvalue weighted by atomic mass is 10.3. The zero-order valence-electron chi connectivity index (χ0n) is 14.3. The Morgan fingerprint density at radius 2 is 1.80 bits per heavy atom. The number of nitrogens with zero attached hydrogens (tertiary/aromatic N) is 2. The number of aliphatic hydroxyl groups excluding tert-OH is 2. The summed E-state index contributed by atoms with van der Waals surface area (Å²) >= 11 is 4.50. The van der Waals surface area contributed by atoms with Crippen LogP contribution in [0.4, 0.5) is 0 Å². The Labute approximate surface area is 175 Å². The molecule has 1 saturated heterocycles. The van der Waals surface area contributed by atoms with E-state index in [9.17, 15) is 0 Å². The second-order valence-corrected chi connectivity index (χ2v) is 8.83. The Morgan fingerprint density at radius 1 is 1.20 bits per heavy atom. The molecule has 0 radical (unpaired) electrons. The van der Waals surface area contributed by atoms with Crippen molar-refractivity contribution in [3.05, 3.63) is 44.1 Å². The molecule has 0 bridgehead atoms. The summed E-state index contributed by atoms with van der Waals surface area (Å²) in [6.45, 7) is 5.72. The van der Waals surface area contributed by atoms with Crippen molar-refractivity contribution in [1.29, 1.82) is 0 Å². The highest BCUT2D eigenvalue weighted by atomic mass is 127. The standard InChI is InChI=1S/C10H14INO2.C7H10INO2/c1-10(2)13-7-9(14-10)6-12-4-3-8(11)5-12;8-6-1-2-9(3-6)4-7(11)5-10/h3-5,9H,6-7H2,1-2H3;1-3,7,10-11H,4-5H2. The Bertz CT molecular complexity index is 657. The number of hydrogen-bond acceptors (Lipinski definition) is 4. The van der Waals surface area contributed by atoms with Crippen LogP contribution in [-0.4, -0.2) is 50.6 Å². The van der Waals surface area contributed by atoms with Gasteiger partial charge in [-0.3, -0.25) is 0 Å². The van der Waals surface area contributed by atoms with Gasteiger partial charge in [-0.15, -0.1) is 0 Å². The first-order chi connectivity index (χ1) is 11.8. The van der Waals surface area contributed by atoms with Gasteiger partial charge in [0.2, 0.25) is 0 Å². The molecule has 2 aromatic heterocycles. The average molecular weight is 574 g/mol. The summed E-state index contributed by atoms with van der Waals surface area (Å²) in [6, 6.07) is 4.03. The van der Waals surface area contributed by atoms with Gasteiger partial charge >= 0.3 is 0 Å². The second-order valence-electron chi connectivity index (χ2n) is 6.34. The van der Waals surface area contributed by atoms with Crippen LogP contribution in [0.25, 0.3) is 0 Å².